The van der Waals surface area contributed by atoms with Crippen LogP contribution in [0, 0.1) is 0 Å². The Bertz CT molecular complexity index is 751. The van der Waals surface area contributed by atoms with Gasteiger partial charge in [0, 0.05) is 5.92 Å². The summed E-state index contributed by atoms with van der Waals surface area (Å²) in [6.45, 7) is -0.353. The van der Waals surface area contributed by atoms with E-state index in [1.807, 2.05) is 12.1 Å². The highest BCUT2D eigenvalue weighted by Gasteiger charge is 2.51. The molecule has 25 heavy (non-hydrogen) atoms. The number of nitrogens with zero attached hydrogens (tertiary/aromatic N) is 1. The summed E-state index contributed by atoms with van der Waals surface area (Å²) in [5.41, 5.74) is 6.59. The van der Waals surface area contributed by atoms with Crippen LogP contribution in [-0.4, -0.2) is 45.6 Å². The smallest absolute Gasteiger partial charge is 0.252 e. The Balaban J connectivity index is 2.05. The molecule has 0 saturated carbocycles. The average Bonchev–Trinajstić information content (AvgIpc) is 2.87. The lowest BCUT2D eigenvalue weighted by Crippen LogP contribution is -2.44. The third-order valence-corrected chi connectivity index (χ3v) is 4.58. The van der Waals surface area contributed by atoms with Gasteiger partial charge in [-0.05, 0) is 11.1 Å². The molecule has 4 atom stereocenters. The van der Waals surface area contributed by atoms with Gasteiger partial charge < -0.3 is 20.8 Å². The molecular weight excluding hydrogens is 320 g/mol. The van der Waals surface area contributed by atoms with E-state index in [4.69, 9.17) is 5.73 Å². The Labute approximate surface area is 145 Å². The number of amides is 2. The second-order valence-electron chi connectivity index (χ2n) is 6.16. The van der Waals surface area contributed by atoms with Crippen molar-refractivity contribution >= 4 is 11.8 Å². The molecule has 4 N–H and O–H groups in total. The highest BCUT2D eigenvalue weighted by atomic mass is 16.3. The summed E-state index contributed by atoms with van der Waals surface area (Å²) in [7, 11) is 0. The van der Waals surface area contributed by atoms with Gasteiger partial charge in [0.25, 0.3) is 5.91 Å². The van der Waals surface area contributed by atoms with Gasteiger partial charge in [0.05, 0.1) is 12.6 Å². The number of rotatable bonds is 5. The first-order chi connectivity index (χ1) is 12.0. The maximum Gasteiger partial charge on any atom is 0.252 e. The lowest BCUT2D eigenvalue weighted by molar-refractivity contribution is -0.139. The van der Waals surface area contributed by atoms with Gasteiger partial charge >= 0.3 is 0 Å². The van der Waals surface area contributed by atoms with Crippen molar-refractivity contribution in [3.05, 3.63) is 71.8 Å². The first-order valence-corrected chi connectivity index (χ1v) is 8.05. The van der Waals surface area contributed by atoms with Gasteiger partial charge in [0.1, 0.15) is 12.2 Å². The molecule has 1 heterocycles. The van der Waals surface area contributed by atoms with Crippen LogP contribution < -0.4 is 5.73 Å². The molecular formula is C19H20N2O4. The topological polar surface area (TPSA) is 104 Å². The first-order valence-electron chi connectivity index (χ1n) is 8.05. The zero-order valence-corrected chi connectivity index (χ0v) is 13.5. The lowest BCUT2D eigenvalue weighted by atomic mass is 9.85. The van der Waals surface area contributed by atoms with Crippen LogP contribution in [0.3, 0.4) is 0 Å². The van der Waals surface area contributed by atoms with Crippen LogP contribution in [0.1, 0.15) is 23.1 Å². The largest absolute Gasteiger partial charge is 0.386 e. The number of benzene rings is 2. The predicted octanol–water partition coefficient (Wildman–Crippen LogP) is 0.561. The van der Waals surface area contributed by atoms with Crippen molar-refractivity contribution in [1.29, 1.82) is 0 Å². The van der Waals surface area contributed by atoms with E-state index >= 15 is 0 Å². The van der Waals surface area contributed by atoms with Crippen LogP contribution in [0.25, 0.3) is 0 Å². The zero-order valence-electron chi connectivity index (χ0n) is 13.5. The molecule has 1 aliphatic heterocycles. The van der Waals surface area contributed by atoms with Crippen molar-refractivity contribution in [2.24, 2.45) is 5.73 Å². The van der Waals surface area contributed by atoms with Gasteiger partial charge in [-0.3, -0.25) is 9.59 Å². The Morgan fingerprint density at radius 2 is 1.64 bits per heavy atom. The van der Waals surface area contributed by atoms with Crippen molar-refractivity contribution in [3.63, 3.8) is 0 Å². The van der Waals surface area contributed by atoms with Gasteiger partial charge in [-0.15, -0.1) is 0 Å². The van der Waals surface area contributed by atoms with Gasteiger partial charge in [-0.25, -0.2) is 0 Å². The summed E-state index contributed by atoms with van der Waals surface area (Å²) < 4.78 is 0. The molecule has 0 radical (unpaired) electrons. The highest BCUT2D eigenvalue weighted by Crippen LogP contribution is 2.40. The molecule has 1 aliphatic rings. The minimum absolute atomic E-state index is 0.353. The predicted molar refractivity (Wildman–Crippen MR) is 91.3 cm³/mol. The van der Waals surface area contributed by atoms with Crippen molar-refractivity contribution in [2.45, 2.75) is 24.2 Å². The Morgan fingerprint density at radius 1 is 1.08 bits per heavy atom. The van der Waals surface area contributed by atoms with Crippen LogP contribution in [0.2, 0.25) is 0 Å². The number of likely N-dealkylation sites (tertiary alicyclic amines) is 1. The summed E-state index contributed by atoms with van der Waals surface area (Å²) in [6, 6.07) is 17.1. The summed E-state index contributed by atoms with van der Waals surface area (Å²) in [6.07, 6.45) is -2.41. The van der Waals surface area contributed by atoms with Crippen molar-refractivity contribution in [3.8, 4) is 0 Å². The fourth-order valence-corrected chi connectivity index (χ4v) is 3.47. The maximum atomic E-state index is 12.5. The van der Waals surface area contributed by atoms with Crippen molar-refractivity contribution < 1.29 is 19.8 Å². The molecule has 2 amide bonds. The van der Waals surface area contributed by atoms with E-state index < -0.39 is 36.0 Å². The van der Waals surface area contributed by atoms with E-state index in [1.165, 1.54) is 4.90 Å². The number of carbonyl (C=O) groups excluding carboxylic acids is 2. The fourth-order valence-electron chi connectivity index (χ4n) is 3.47. The number of hydrogen-bond donors (Lipinski definition) is 3. The van der Waals surface area contributed by atoms with Crippen LogP contribution in [0.15, 0.2) is 60.7 Å². The Hall–Kier alpha value is -2.70. The normalized spacial score (nSPS) is 24.3. The molecule has 0 aliphatic carbocycles. The maximum absolute atomic E-state index is 12.5. The van der Waals surface area contributed by atoms with Gasteiger partial charge in [0.15, 0.2) is 0 Å². The molecule has 0 spiro atoms. The monoisotopic (exact) mass is 340 g/mol. The Morgan fingerprint density at radius 3 is 2.20 bits per heavy atom. The number of hydrogen-bond acceptors (Lipinski definition) is 4. The number of nitrogens with two attached hydrogens (primary N) is 1. The molecule has 0 aromatic heterocycles. The molecule has 1 unspecified atom stereocenters. The van der Waals surface area contributed by atoms with E-state index in [9.17, 15) is 19.8 Å². The molecule has 1 fully saturated rings. The summed E-state index contributed by atoms with van der Waals surface area (Å²) in [5, 5.41) is 21.4. The van der Waals surface area contributed by atoms with Gasteiger partial charge in [-0.1, -0.05) is 60.7 Å². The van der Waals surface area contributed by atoms with E-state index in [0.29, 0.717) is 5.56 Å². The second kappa shape index (κ2) is 7.04. The minimum Gasteiger partial charge on any atom is -0.386 e. The quantitative estimate of drug-likeness (QED) is 0.740. The average molecular weight is 340 g/mol. The molecule has 2 aromatic carbocycles. The third-order valence-electron chi connectivity index (χ3n) is 4.58. The van der Waals surface area contributed by atoms with Crippen molar-refractivity contribution in [1.82, 2.24) is 4.90 Å². The fraction of sp³-hybridized carbons (Fsp3) is 0.263. The van der Waals surface area contributed by atoms with E-state index in [-0.39, 0.29) is 6.54 Å². The van der Waals surface area contributed by atoms with Gasteiger partial charge in [-0.2, -0.15) is 0 Å². The molecule has 0 bridgehead atoms. The molecule has 6 nitrogen and oxygen atoms in total. The number of primary amides is 1. The molecule has 6 heteroatoms. The molecule has 1 saturated heterocycles. The van der Waals surface area contributed by atoms with Crippen LogP contribution in [0.5, 0.6) is 0 Å². The highest BCUT2D eigenvalue weighted by molar-refractivity contribution is 5.89. The summed E-state index contributed by atoms with van der Waals surface area (Å²) in [5.74, 6) is -1.96. The lowest BCUT2D eigenvalue weighted by Gasteiger charge is -2.31. The van der Waals surface area contributed by atoms with E-state index in [2.05, 4.69) is 0 Å². The number of aliphatic hydroxyl groups excluding tert-OH is 2. The van der Waals surface area contributed by atoms with E-state index in [1.54, 1.807) is 48.5 Å². The molecule has 3 rings (SSSR count). The van der Waals surface area contributed by atoms with Crippen LogP contribution >= 0.6 is 0 Å². The van der Waals surface area contributed by atoms with Crippen LogP contribution in [-0.2, 0) is 9.59 Å². The summed E-state index contributed by atoms with van der Waals surface area (Å²) >= 11 is 0. The zero-order chi connectivity index (χ0) is 18.0. The molecule has 2 aromatic rings. The SMILES string of the molecule is NC(=O)CN1C(=O)[C@@H](O)[C@H](c2ccccc2)[C@@H]1C(O)c1ccccc1. The third kappa shape index (κ3) is 3.26. The second-order valence-corrected chi connectivity index (χ2v) is 6.16. The molecule has 130 valence electrons. The van der Waals surface area contributed by atoms with Gasteiger partial charge in [0.2, 0.25) is 5.91 Å². The first kappa shape index (κ1) is 17.1. The van der Waals surface area contributed by atoms with E-state index in [0.717, 1.165) is 5.56 Å². The number of carbonyl (C=O) groups is 2. The standard InChI is InChI=1S/C19H20N2O4/c20-14(22)11-21-16(17(23)13-9-5-2-6-10-13)15(18(24)19(21)25)12-7-3-1-4-8-12/h1-10,15-18,23-24H,11H2,(H2,20,22)/t15-,16-,17?,18+/m1/s1. The minimum atomic E-state index is -1.34. The van der Waals surface area contributed by atoms with Crippen LogP contribution in [0.4, 0.5) is 0 Å². The Kier molecular flexibility index (Phi) is 4.83. The summed E-state index contributed by atoms with van der Waals surface area (Å²) in [4.78, 5) is 25.1. The number of aliphatic hydroxyl groups is 2. The van der Waals surface area contributed by atoms with Crippen molar-refractivity contribution in [2.75, 3.05) is 6.54 Å².